The Balaban J connectivity index is 1.40. The lowest BCUT2D eigenvalue weighted by molar-refractivity contribution is -0.131. The van der Waals surface area contributed by atoms with Crippen LogP contribution in [0.3, 0.4) is 0 Å². The molecule has 0 unspecified atom stereocenters. The van der Waals surface area contributed by atoms with E-state index in [9.17, 15) is 14.4 Å². The van der Waals surface area contributed by atoms with E-state index in [-0.39, 0.29) is 18.4 Å². The van der Waals surface area contributed by atoms with Gasteiger partial charge in [-0.3, -0.25) is 14.5 Å². The lowest BCUT2D eigenvalue weighted by Crippen LogP contribution is -2.45. The van der Waals surface area contributed by atoms with Crippen LogP contribution in [0.5, 0.6) is 0 Å². The standard InChI is InChI=1S/C22H23N3O3/c26-20(24-14-6-10-17-9-4-5-11-19(17)24)15-25-21(27)18(23-22(25)28)13-12-16-7-2-1-3-8-16/h1-5,7-9,11,18H,6,10,12-15H2,(H,23,28)/t18-/m0/s1. The van der Waals surface area contributed by atoms with Crippen molar-refractivity contribution in [2.45, 2.75) is 31.7 Å². The molecular formula is C22H23N3O3. The molecule has 1 atom stereocenters. The zero-order valence-electron chi connectivity index (χ0n) is 15.6. The highest BCUT2D eigenvalue weighted by Crippen LogP contribution is 2.27. The van der Waals surface area contributed by atoms with Crippen molar-refractivity contribution in [3.8, 4) is 0 Å². The fourth-order valence-corrected chi connectivity index (χ4v) is 3.89. The van der Waals surface area contributed by atoms with Crippen LogP contribution < -0.4 is 10.2 Å². The van der Waals surface area contributed by atoms with E-state index in [2.05, 4.69) is 5.32 Å². The molecule has 2 heterocycles. The number of nitrogens with one attached hydrogen (secondary N) is 1. The van der Waals surface area contributed by atoms with Gasteiger partial charge in [-0.15, -0.1) is 0 Å². The average Bonchev–Trinajstić information content (AvgIpc) is 3.00. The van der Waals surface area contributed by atoms with Gasteiger partial charge < -0.3 is 10.2 Å². The highest BCUT2D eigenvalue weighted by atomic mass is 16.2. The molecule has 0 spiro atoms. The minimum Gasteiger partial charge on any atom is -0.326 e. The molecule has 1 fully saturated rings. The average molecular weight is 377 g/mol. The number of para-hydroxylation sites is 1. The Bertz CT molecular complexity index is 897. The van der Waals surface area contributed by atoms with Gasteiger partial charge in [-0.05, 0) is 42.9 Å². The highest BCUT2D eigenvalue weighted by molar-refractivity contribution is 6.08. The monoisotopic (exact) mass is 377 g/mol. The second-order valence-corrected chi connectivity index (χ2v) is 7.23. The molecule has 6 heteroatoms. The van der Waals surface area contributed by atoms with E-state index in [4.69, 9.17) is 0 Å². The first-order chi connectivity index (χ1) is 13.6. The molecular weight excluding hydrogens is 354 g/mol. The highest BCUT2D eigenvalue weighted by Gasteiger charge is 2.39. The predicted octanol–water partition coefficient (Wildman–Crippen LogP) is 2.52. The smallest absolute Gasteiger partial charge is 0.325 e. The summed E-state index contributed by atoms with van der Waals surface area (Å²) in [5.74, 6) is -0.543. The summed E-state index contributed by atoms with van der Waals surface area (Å²) in [6.07, 6.45) is 3.03. The van der Waals surface area contributed by atoms with Gasteiger partial charge in [0.2, 0.25) is 5.91 Å². The number of hydrogen-bond acceptors (Lipinski definition) is 3. The topological polar surface area (TPSA) is 69.7 Å². The van der Waals surface area contributed by atoms with Crippen molar-refractivity contribution in [2.75, 3.05) is 18.0 Å². The van der Waals surface area contributed by atoms with Crippen molar-refractivity contribution < 1.29 is 14.4 Å². The van der Waals surface area contributed by atoms with E-state index in [1.165, 1.54) is 0 Å². The number of hydrogen-bond donors (Lipinski definition) is 1. The Morgan fingerprint density at radius 3 is 2.61 bits per heavy atom. The van der Waals surface area contributed by atoms with Crippen molar-refractivity contribution >= 4 is 23.5 Å². The molecule has 0 radical (unpaired) electrons. The number of urea groups is 1. The third-order valence-corrected chi connectivity index (χ3v) is 5.38. The summed E-state index contributed by atoms with van der Waals surface area (Å²) in [6.45, 7) is 0.387. The first-order valence-electron chi connectivity index (χ1n) is 9.67. The van der Waals surface area contributed by atoms with Gasteiger partial charge in [-0.2, -0.15) is 0 Å². The third-order valence-electron chi connectivity index (χ3n) is 5.38. The number of carbonyl (C=O) groups is 3. The van der Waals surface area contributed by atoms with Crippen molar-refractivity contribution in [3.05, 3.63) is 65.7 Å². The number of aryl methyl sites for hydroxylation is 2. The first kappa shape index (κ1) is 18.2. The summed E-state index contributed by atoms with van der Waals surface area (Å²) >= 11 is 0. The Kier molecular flexibility index (Phi) is 5.10. The fraction of sp³-hybridized carbons (Fsp3) is 0.318. The number of nitrogens with zero attached hydrogens (tertiary/aromatic N) is 2. The second kappa shape index (κ2) is 7.84. The van der Waals surface area contributed by atoms with Gasteiger partial charge in [0, 0.05) is 12.2 Å². The largest absolute Gasteiger partial charge is 0.326 e. The Morgan fingerprint density at radius 2 is 1.79 bits per heavy atom. The van der Waals surface area contributed by atoms with Gasteiger partial charge in [0.05, 0.1) is 0 Å². The Hall–Kier alpha value is -3.15. The Labute approximate surface area is 164 Å². The molecule has 2 aliphatic rings. The molecule has 144 valence electrons. The zero-order chi connectivity index (χ0) is 19.5. The molecule has 1 saturated heterocycles. The lowest BCUT2D eigenvalue weighted by Gasteiger charge is -2.30. The fourth-order valence-electron chi connectivity index (χ4n) is 3.89. The van der Waals surface area contributed by atoms with Crippen LogP contribution in [0.4, 0.5) is 10.5 Å². The molecule has 0 saturated carbocycles. The number of rotatable bonds is 5. The minimum absolute atomic E-state index is 0.221. The van der Waals surface area contributed by atoms with Crippen LogP contribution in [0, 0.1) is 0 Å². The molecule has 1 N–H and O–H groups in total. The minimum atomic E-state index is -0.575. The van der Waals surface area contributed by atoms with Gasteiger partial charge >= 0.3 is 6.03 Å². The summed E-state index contributed by atoms with van der Waals surface area (Å²) in [4.78, 5) is 40.6. The third kappa shape index (κ3) is 3.63. The van der Waals surface area contributed by atoms with E-state index < -0.39 is 12.1 Å². The number of amides is 4. The maximum Gasteiger partial charge on any atom is 0.325 e. The van der Waals surface area contributed by atoms with Crippen LogP contribution in [0.2, 0.25) is 0 Å². The maximum absolute atomic E-state index is 12.8. The molecule has 4 rings (SSSR count). The summed E-state index contributed by atoms with van der Waals surface area (Å²) < 4.78 is 0. The zero-order valence-corrected chi connectivity index (χ0v) is 15.6. The van der Waals surface area contributed by atoms with Crippen molar-refractivity contribution in [1.82, 2.24) is 10.2 Å². The van der Waals surface area contributed by atoms with Crippen LogP contribution in [-0.4, -0.2) is 41.9 Å². The molecule has 0 aromatic heterocycles. The number of anilines is 1. The molecule has 6 nitrogen and oxygen atoms in total. The normalized spacial score (nSPS) is 18.8. The van der Waals surface area contributed by atoms with Crippen LogP contribution in [0.15, 0.2) is 54.6 Å². The number of imide groups is 1. The Morgan fingerprint density at radius 1 is 1.04 bits per heavy atom. The molecule has 2 aromatic carbocycles. The van der Waals surface area contributed by atoms with Crippen molar-refractivity contribution in [3.63, 3.8) is 0 Å². The molecule has 2 aliphatic heterocycles. The summed E-state index contributed by atoms with van der Waals surface area (Å²) in [5, 5.41) is 2.72. The van der Waals surface area contributed by atoms with E-state index in [1.807, 2.05) is 54.6 Å². The summed E-state index contributed by atoms with van der Waals surface area (Å²) in [6, 6.07) is 16.6. The molecule has 28 heavy (non-hydrogen) atoms. The van der Waals surface area contributed by atoms with E-state index in [0.29, 0.717) is 19.4 Å². The van der Waals surface area contributed by atoms with Crippen LogP contribution in [0.25, 0.3) is 0 Å². The van der Waals surface area contributed by atoms with Crippen molar-refractivity contribution in [1.29, 1.82) is 0 Å². The number of fused-ring (bicyclic) bond motifs is 1. The van der Waals surface area contributed by atoms with E-state index >= 15 is 0 Å². The van der Waals surface area contributed by atoms with Crippen molar-refractivity contribution in [2.24, 2.45) is 0 Å². The number of benzene rings is 2. The molecule has 0 bridgehead atoms. The van der Waals surface area contributed by atoms with E-state index in [0.717, 1.165) is 34.6 Å². The van der Waals surface area contributed by atoms with Gasteiger partial charge in [0.1, 0.15) is 12.6 Å². The van der Waals surface area contributed by atoms with E-state index in [1.54, 1.807) is 4.90 Å². The van der Waals surface area contributed by atoms with Gasteiger partial charge in [0.15, 0.2) is 0 Å². The van der Waals surface area contributed by atoms with Crippen LogP contribution >= 0.6 is 0 Å². The van der Waals surface area contributed by atoms with Crippen LogP contribution in [0.1, 0.15) is 24.0 Å². The van der Waals surface area contributed by atoms with Gasteiger partial charge in [0.25, 0.3) is 5.91 Å². The lowest BCUT2D eigenvalue weighted by atomic mass is 10.0. The molecule has 4 amide bonds. The quantitative estimate of drug-likeness (QED) is 0.814. The molecule has 2 aromatic rings. The van der Waals surface area contributed by atoms with Gasteiger partial charge in [-0.25, -0.2) is 4.79 Å². The van der Waals surface area contributed by atoms with Gasteiger partial charge in [-0.1, -0.05) is 48.5 Å². The first-order valence-corrected chi connectivity index (χ1v) is 9.67. The second-order valence-electron chi connectivity index (χ2n) is 7.23. The summed E-state index contributed by atoms with van der Waals surface area (Å²) in [5.41, 5.74) is 3.12. The van der Waals surface area contributed by atoms with Crippen LogP contribution in [-0.2, 0) is 22.4 Å². The SMILES string of the molecule is O=C1N[C@@H](CCc2ccccc2)C(=O)N1CC(=O)N1CCCc2ccccc21. The number of carbonyl (C=O) groups excluding carboxylic acids is 3. The summed E-state index contributed by atoms with van der Waals surface area (Å²) in [7, 11) is 0. The molecule has 0 aliphatic carbocycles. The maximum atomic E-state index is 12.8. The predicted molar refractivity (Wildman–Crippen MR) is 106 cm³/mol.